The summed E-state index contributed by atoms with van der Waals surface area (Å²) in [5, 5.41) is 4.77. The molecule has 0 heterocycles. The van der Waals surface area contributed by atoms with Gasteiger partial charge in [-0.2, -0.15) is 5.06 Å². The van der Waals surface area contributed by atoms with Gasteiger partial charge in [0.15, 0.2) is 0 Å². The second-order valence-corrected chi connectivity index (χ2v) is 12.4. The number of nitrogens with one attached hydrogen (secondary N) is 1. The van der Waals surface area contributed by atoms with Gasteiger partial charge in [0.25, 0.3) is 0 Å². The third kappa shape index (κ3) is 15.6. The lowest BCUT2D eigenvalue weighted by molar-refractivity contribution is -0.189. The highest BCUT2D eigenvalue weighted by Crippen LogP contribution is 2.26. The fourth-order valence-electron chi connectivity index (χ4n) is 3.89. The van der Waals surface area contributed by atoms with E-state index >= 15 is 0 Å². The highest BCUT2D eigenvalue weighted by Gasteiger charge is 2.27. The first-order valence-electron chi connectivity index (χ1n) is 14.2. The molecule has 0 aliphatic rings. The van der Waals surface area contributed by atoms with E-state index in [0.717, 1.165) is 16.2 Å². The first-order chi connectivity index (χ1) is 21.4. The second kappa shape index (κ2) is 20.1. The van der Waals surface area contributed by atoms with Crippen molar-refractivity contribution in [2.75, 3.05) is 26.8 Å². The average molecular weight is 690 g/mol. The number of hydrogen-bond donors (Lipinski definition) is 2. The van der Waals surface area contributed by atoms with Gasteiger partial charge >= 0.3 is 12.1 Å². The number of halogens is 3. The van der Waals surface area contributed by atoms with Crippen LogP contribution in [0.2, 0.25) is 0 Å². The Kier molecular flexibility index (Phi) is 17.0. The quantitative estimate of drug-likeness (QED) is 0.132. The predicted molar refractivity (Wildman–Crippen MR) is 169 cm³/mol. The molecule has 2 aromatic rings. The number of ether oxygens (including phenoxy) is 2. The summed E-state index contributed by atoms with van der Waals surface area (Å²) in [6.07, 6.45) is -0.0338. The van der Waals surface area contributed by atoms with Gasteiger partial charge in [0.05, 0.1) is 19.7 Å². The summed E-state index contributed by atoms with van der Waals surface area (Å²) in [5.74, 6) is -1.56. The van der Waals surface area contributed by atoms with Gasteiger partial charge in [-0.25, -0.2) is 14.7 Å². The van der Waals surface area contributed by atoms with Gasteiger partial charge in [-0.1, -0.05) is 95.5 Å². The Hall–Kier alpha value is -3.13. The Morgan fingerprint density at radius 2 is 1.36 bits per heavy atom. The molecule has 248 valence electrons. The van der Waals surface area contributed by atoms with Crippen LogP contribution in [0.3, 0.4) is 0 Å². The molecule has 0 aromatic heterocycles. The summed E-state index contributed by atoms with van der Waals surface area (Å²) >= 11 is 17.1. The molecule has 0 bridgehead atoms. The van der Waals surface area contributed by atoms with Crippen LogP contribution in [0.15, 0.2) is 60.7 Å². The van der Waals surface area contributed by atoms with E-state index in [9.17, 15) is 19.2 Å². The molecule has 3 N–H and O–H groups in total. The number of hydrogen-bond acceptors (Lipinski definition) is 9. The zero-order valence-corrected chi connectivity index (χ0v) is 27.4. The number of benzene rings is 2. The lowest BCUT2D eigenvalue weighted by Gasteiger charge is -2.24. The maximum Gasteiger partial charge on any atom is 0.434 e. The van der Waals surface area contributed by atoms with Crippen molar-refractivity contribution in [1.82, 2.24) is 15.4 Å². The van der Waals surface area contributed by atoms with Gasteiger partial charge in [0.1, 0.15) is 25.9 Å². The Labute approximate surface area is 277 Å². The van der Waals surface area contributed by atoms with E-state index in [0.29, 0.717) is 6.42 Å². The van der Waals surface area contributed by atoms with Crippen LogP contribution in [0.1, 0.15) is 43.7 Å². The molecule has 0 spiro atoms. The number of nitrogens with zero attached hydrogens (tertiary/aromatic N) is 2. The lowest BCUT2D eigenvalue weighted by Crippen LogP contribution is -2.49. The molecule has 2 aromatic carbocycles. The van der Waals surface area contributed by atoms with E-state index in [1.54, 1.807) is 0 Å². The average Bonchev–Trinajstić information content (AvgIpc) is 3.02. The van der Waals surface area contributed by atoms with Crippen molar-refractivity contribution in [2.45, 2.75) is 61.7 Å². The zero-order valence-electron chi connectivity index (χ0n) is 25.2. The molecule has 15 heteroatoms. The van der Waals surface area contributed by atoms with Crippen molar-refractivity contribution < 1.29 is 38.3 Å². The van der Waals surface area contributed by atoms with E-state index in [2.05, 4.69) is 5.32 Å². The van der Waals surface area contributed by atoms with Crippen LogP contribution >= 0.6 is 34.8 Å². The van der Waals surface area contributed by atoms with Crippen LogP contribution in [0.25, 0.3) is 0 Å². The van der Waals surface area contributed by atoms with Gasteiger partial charge in [-0.15, -0.1) is 0 Å². The van der Waals surface area contributed by atoms with E-state index in [1.165, 1.54) is 19.1 Å². The molecule has 0 fully saturated rings. The normalized spacial score (nSPS) is 12.5. The molecular formula is C30H39Cl3N4O8. The lowest BCUT2D eigenvalue weighted by atomic mass is 10.1. The maximum absolute atomic E-state index is 12.8. The highest BCUT2D eigenvalue weighted by molar-refractivity contribution is 6.67. The molecule has 0 radical (unpaired) electrons. The number of carbonyl (C=O) groups excluding carboxylic acids is 4. The van der Waals surface area contributed by atoms with E-state index < -0.39 is 40.5 Å². The molecule has 0 unspecified atom stereocenters. The summed E-state index contributed by atoms with van der Waals surface area (Å²) in [7, 11) is 1.19. The highest BCUT2D eigenvalue weighted by atomic mass is 35.6. The molecule has 0 saturated heterocycles. The van der Waals surface area contributed by atoms with Crippen molar-refractivity contribution in [3.8, 4) is 0 Å². The van der Waals surface area contributed by atoms with Gasteiger partial charge < -0.3 is 20.5 Å². The van der Waals surface area contributed by atoms with Crippen molar-refractivity contribution >= 4 is 58.7 Å². The minimum Gasteiger partial charge on any atom is -0.467 e. The summed E-state index contributed by atoms with van der Waals surface area (Å²) in [6, 6.07) is 16.5. The number of amides is 3. The molecule has 0 aliphatic carbocycles. The van der Waals surface area contributed by atoms with E-state index in [-0.39, 0.29) is 51.5 Å². The third-order valence-corrected chi connectivity index (χ3v) is 6.57. The van der Waals surface area contributed by atoms with Crippen molar-refractivity contribution in [3.05, 3.63) is 71.8 Å². The van der Waals surface area contributed by atoms with Gasteiger partial charge in [-0.05, 0) is 36.8 Å². The van der Waals surface area contributed by atoms with Crippen LogP contribution < -0.4 is 11.1 Å². The Bertz CT molecular complexity index is 1200. The fraction of sp³-hybridized carbons (Fsp3) is 0.467. The van der Waals surface area contributed by atoms with Crippen molar-refractivity contribution in [1.29, 1.82) is 0 Å². The van der Waals surface area contributed by atoms with E-state index in [1.807, 2.05) is 60.7 Å². The molecule has 2 rings (SSSR count). The zero-order chi connectivity index (χ0) is 33.2. The summed E-state index contributed by atoms with van der Waals surface area (Å²) < 4.78 is 8.07. The van der Waals surface area contributed by atoms with Crippen LogP contribution in [0, 0.1) is 0 Å². The Balaban J connectivity index is 1.89. The molecule has 0 saturated carbocycles. The molecule has 0 aliphatic heterocycles. The number of esters is 1. The SMILES string of the molecule is COC(=O)[C@H](CCCN(OCc1ccccc1)C(=O)OCC(Cl)(Cl)Cl)NC(=O)[C@@H](N)CCCN(OCc1ccccc1)C(C)=O. The van der Waals surface area contributed by atoms with Crippen LogP contribution in [-0.2, 0) is 46.7 Å². The smallest absolute Gasteiger partial charge is 0.434 e. The summed E-state index contributed by atoms with van der Waals surface area (Å²) in [4.78, 5) is 61.2. The monoisotopic (exact) mass is 688 g/mol. The van der Waals surface area contributed by atoms with Gasteiger partial charge in [0.2, 0.25) is 15.6 Å². The number of hydroxylamine groups is 4. The molecular weight excluding hydrogens is 651 g/mol. The standard InChI is InChI=1S/C30H39Cl3N4O8/c1-22(38)36(44-19-23-11-5-3-6-12-23)17-9-15-25(34)27(39)35-26(28(40)42-2)16-10-18-37(29(41)43-21-30(31,32)33)45-20-24-13-7-4-8-14-24/h3-8,11-14,25-26H,9-10,15-21,34H2,1-2H3,(H,35,39)/t25-,26-/m0/s1. The largest absolute Gasteiger partial charge is 0.467 e. The topological polar surface area (TPSA) is 150 Å². The molecule has 12 nitrogen and oxygen atoms in total. The van der Waals surface area contributed by atoms with E-state index in [4.69, 9.17) is 59.7 Å². The maximum atomic E-state index is 12.8. The molecule has 45 heavy (non-hydrogen) atoms. The summed E-state index contributed by atoms with van der Waals surface area (Å²) in [5.41, 5.74) is 7.78. The molecule has 2 atom stereocenters. The third-order valence-electron chi connectivity index (χ3n) is 6.24. The van der Waals surface area contributed by atoms with Gasteiger partial charge in [0, 0.05) is 13.5 Å². The minimum atomic E-state index is -1.82. The minimum absolute atomic E-state index is 0.0230. The number of methoxy groups -OCH3 is 1. The first kappa shape index (κ1) is 38.1. The van der Waals surface area contributed by atoms with Gasteiger partial charge in [-0.3, -0.25) is 19.3 Å². The number of alkyl halides is 3. The summed E-state index contributed by atoms with van der Waals surface area (Å²) in [6.45, 7) is 1.33. The van der Waals surface area contributed by atoms with Crippen LogP contribution in [-0.4, -0.2) is 76.7 Å². The number of nitrogens with two attached hydrogens (primary N) is 1. The van der Waals surface area contributed by atoms with Crippen molar-refractivity contribution in [2.24, 2.45) is 5.73 Å². The molecule has 3 amide bonds. The first-order valence-corrected chi connectivity index (χ1v) is 15.3. The number of carbonyl (C=O) groups is 4. The fourth-order valence-corrected chi connectivity index (χ4v) is 4.05. The predicted octanol–water partition coefficient (Wildman–Crippen LogP) is 4.45. The number of rotatable bonds is 18. The van der Waals surface area contributed by atoms with Crippen molar-refractivity contribution in [3.63, 3.8) is 0 Å². The Morgan fingerprint density at radius 3 is 1.87 bits per heavy atom. The second-order valence-electron chi connectivity index (χ2n) is 9.89. The Morgan fingerprint density at radius 1 is 0.844 bits per heavy atom. The van der Waals surface area contributed by atoms with Crippen LogP contribution in [0.4, 0.5) is 4.79 Å². The van der Waals surface area contributed by atoms with Crippen LogP contribution in [0.5, 0.6) is 0 Å².